The molecule has 58 valence electrons. The van der Waals surface area contributed by atoms with Crippen LogP contribution < -0.4 is 0 Å². The molecule has 0 aromatic carbocycles. The molecule has 1 atom stereocenters. The van der Waals surface area contributed by atoms with Gasteiger partial charge in [0.2, 0.25) is 0 Å². The summed E-state index contributed by atoms with van der Waals surface area (Å²) in [5.74, 6) is 5.54. The summed E-state index contributed by atoms with van der Waals surface area (Å²) in [4.78, 5) is 0.124. The minimum atomic E-state index is -0.881. The molecule has 0 aromatic heterocycles. The van der Waals surface area contributed by atoms with E-state index in [9.17, 15) is 0 Å². The lowest BCUT2D eigenvalue weighted by molar-refractivity contribution is 0.143. The molecular formula is C7H10Br2O. The first-order valence-electron chi connectivity index (χ1n) is 2.91. The zero-order valence-electron chi connectivity index (χ0n) is 5.99. The Kier molecular flexibility index (Phi) is 4.59. The molecule has 0 saturated carbocycles. The van der Waals surface area contributed by atoms with Crippen LogP contribution >= 0.6 is 31.9 Å². The summed E-state index contributed by atoms with van der Waals surface area (Å²) >= 11 is 6.55. The molecule has 0 radical (unpaired) electrons. The average molecular weight is 270 g/mol. The van der Waals surface area contributed by atoms with Crippen molar-refractivity contribution in [1.82, 2.24) is 0 Å². The Morgan fingerprint density at radius 2 is 2.10 bits per heavy atom. The highest BCUT2D eigenvalue weighted by Gasteiger charge is 2.06. The highest BCUT2D eigenvalue weighted by atomic mass is 79.9. The van der Waals surface area contributed by atoms with Crippen molar-refractivity contribution in [2.24, 2.45) is 0 Å². The van der Waals surface area contributed by atoms with E-state index in [-0.39, 0.29) is 4.83 Å². The highest BCUT2D eigenvalue weighted by Crippen LogP contribution is 2.03. The second-order valence-corrected chi connectivity index (χ2v) is 4.20. The van der Waals surface area contributed by atoms with Gasteiger partial charge in [0.25, 0.3) is 0 Å². The van der Waals surface area contributed by atoms with Gasteiger partial charge in [-0.15, -0.1) is 0 Å². The lowest BCUT2D eigenvalue weighted by Crippen LogP contribution is -2.15. The van der Waals surface area contributed by atoms with E-state index in [1.165, 1.54) is 0 Å². The van der Waals surface area contributed by atoms with Gasteiger partial charge in [0.1, 0.15) is 5.60 Å². The summed E-state index contributed by atoms with van der Waals surface area (Å²) in [5.41, 5.74) is -0.881. The molecule has 0 bridgehead atoms. The number of alkyl halides is 2. The molecule has 1 nitrogen and oxygen atoms in total. The van der Waals surface area contributed by atoms with Crippen molar-refractivity contribution in [3.05, 3.63) is 0 Å². The predicted octanol–water partition coefficient (Wildman–Crippen LogP) is 1.92. The Hall–Kier alpha value is 0.480. The van der Waals surface area contributed by atoms with Crippen LogP contribution in [0, 0.1) is 11.8 Å². The standard InChI is InChI=1S/C7H10Br2O/c1-7(2,10)4-3-6(9)5-8/h6,10H,5H2,1-2H3. The second-order valence-electron chi connectivity index (χ2n) is 2.45. The molecule has 10 heavy (non-hydrogen) atoms. The lowest BCUT2D eigenvalue weighted by atomic mass is 10.1. The quantitative estimate of drug-likeness (QED) is 0.570. The summed E-state index contributed by atoms with van der Waals surface area (Å²) in [6.07, 6.45) is 0. The molecular weight excluding hydrogens is 260 g/mol. The van der Waals surface area contributed by atoms with Crippen LogP contribution in [0.3, 0.4) is 0 Å². The molecule has 0 aliphatic carbocycles. The topological polar surface area (TPSA) is 20.2 Å². The molecule has 3 heteroatoms. The molecule has 0 fully saturated rings. The number of hydrogen-bond donors (Lipinski definition) is 1. The smallest absolute Gasteiger partial charge is 0.120 e. The van der Waals surface area contributed by atoms with Crippen LogP contribution in [0.5, 0.6) is 0 Å². The van der Waals surface area contributed by atoms with Gasteiger partial charge in [0.15, 0.2) is 0 Å². The maximum absolute atomic E-state index is 9.15. The van der Waals surface area contributed by atoms with Crippen molar-refractivity contribution in [3.8, 4) is 11.8 Å². The van der Waals surface area contributed by atoms with Crippen molar-refractivity contribution in [2.75, 3.05) is 5.33 Å². The van der Waals surface area contributed by atoms with Gasteiger partial charge < -0.3 is 5.11 Å². The number of rotatable bonds is 1. The molecule has 0 aliphatic rings. The van der Waals surface area contributed by atoms with Gasteiger partial charge in [-0.2, -0.15) is 0 Å². The van der Waals surface area contributed by atoms with Gasteiger partial charge >= 0.3 is 0 Å². The Morgan fingerprint density at radius 1 is 1.60 bits per heavy atom. The van der Waals surface area contributed by atoms with Crippen LogP contribution in [0.15, 0.2) is 0 Å². The van der Waals surface area contributed by atoms with Crippen molar-refractivity contribution < 1.29 is 5.11 Å². The maximum atomic E-state index is 9.15. The summed E-state index contributed by atoms with van der Waals surface area (Å²) < 4.78 is 0. The Bertz CT molecular complexity index is 149. The first kappa shape index (κ1) is 10.5. The van der Waals surface area contributed by atoms with Gasteiger partial charge in [0.05, 0.1) is 4.83 Å². The van der Waals surface area contributed by atoms with Gasteiger partial charge in [-0.1, -0.05) is 43.7 Å². The third-order valence-corrected chi connectivity index (χ3v) is 2.74. The molecule has 1 unspecified atom stereocenters. The van der Waals surface area contributed by atoms with E-state index in [0.29, 0.717) is 0 Å². The predicted molar refractivity (Wildman–Crippen MR) is 50.6 cm³/mol. The molecule has 0 rings (SSSR count). The summed E-state index contributed by atoms with van der Waals surface area (Å²) in [6, 6.07) is 0. The van der Waals surface area contributed by atoms with Crippen LogP contribution in [0.1, 0.15) is 13.8 Å². The SMILES string of the molecule is CC(C)(O)C#CC(Br)CBr. The van der Waals surface area contributed by atoms with Crippen LogP contribution in [0.4, 0.5) is 0 Å². The zero-order chi connectivity index (χ0) is 8.20. The summed E-state index contributed by atoms with van der Waals surface area (Å²) in [6.45, 7) is 3.32. The second kappa shape index (κ2) is 4.38. The van der Waals surface area contributed by atoms with E-state index in [2.05, 4.69) is 43.7 Å². The van der Waals surface area contributed by atoms with Crippen molar-refractivity contribution in [3.63, 3.8) is 0 Å². The fraction of sp³-hybridized carbons (Fsp3) is 0.714. The summed E-state index contributed by atoms with van der Waals surface area (Å²) in [5, 5.41) is 9.93. The molecule has 0 amide bonds. The van der Waals surface area contributed by atoms with Crippen LogP contribution in [-0.2, 0) is 0 Å². The van der Waals surface area contributed by atoms with E-state index >= 15 is 0 Å². The van der Waals surface area contributed by atoms with E-state index in [0.717, 1.165) is 5.33 Å². The van der Waals surface area contributed by atoms with Gasteiger partial charge in [-0.05, 0) is 13.8 Å². The Balaban J connectivity index is 3.91. The normalized spacial score (nSPS) is 13.7. The fourth-order valence-corrected chi connectivity index (χ4v) is 0.570. The lowest BCUT2D eigenvalue weighted by Gasteiger charge is -2.06. The first-order chi connectivity index (χ1) is 4.45. The third kappa shape index (κ3) is 6.60. The monoisotopic (exact) mass is 268 g/mol. The van der Waals surface area contributed by atoms with Crippen molar-refractivity contribution in [2.45, 2.75) is 24.3 Å². The van der Waals surface area contributed by atoms with Gasteiger partial charge in [0, 0.05) is 5.33 Å². The van der Waals surface area contributed by atoms with Crippen LogP contribution in [0.2, 0.25) is 0 Å². The fourth-order valence-electron chi connectivity index (χ4n) is 0.293. The first-order valence-corrected chi connectivity index (χ1v) is 4.94. The van der Waals surface area contributed by atoms with E-state index in [1.807, 2.05) is 0 Å². The minimum absolute atomic E-state index is 0.124. The van der Waals surface area contributed by atoms with E-state index < -0.39 is 5.60 Å². The molecule has 1 N–H and O–H groups in total. The van der Waals surface area contributed by atoms with Crippen molar-refractivity contribution >= 4 is 31.9 Å². The number of halogens is 2. The van der Waals surface area contributed by atoms with Crippen LogP contribution in [-0.4, -0.2) is 20.9 Å². The molecule has 0 spiro atoms. The van der Waals surface area contributed by atoms with E-state index in [1.54, 1.807) is 13.8 Å². The summed E-state index contributed by atoms with van der Waals surface area (Å²) in [7, 11) is 0. The van der Waals surface area contributed by atoms with Gasteiger partial charge in [-0.3, -0.25) is 0 Å². The number of aliphatic hydroxyl groups is 1. The van der Waals surface area contributed by atoms with Gasteiger partial charge in [-0.25, -0.2) is 0 Å². The maximum Gasteiger partial charge on any atom is 0.120 e. The Morgan fingerprint density at radius 3 is 2.40 bits per heavy atom. The van der Waals surface area contributed by atoms with Crippen LogP contribution in [0.25, 0.3) is 0 Å². The molecule has 0 aromatic rings. The minimum Gasteiger partial charge on any atom is -0.378 e. The largest absolute Gasteiger partial charge is 0.378 e. The zero-order valence-corrected chi connectivity index (χ0v) is 9.16. The highest BCUT2D eigenvalue weighted by molar-refractivity contribution is 9.12. The number of hydrogen-bond acceptors (Lipinski definition) is 1. The molecule has 0 heterocycles. The Labute approximate surface area is 78.5 Å². The third-order valence-electron chi connectivity index (χ3n) is 0.670. The van der Waals surface area contributed by atoms with Crippen molar-refractivity contribution in [1.29, 1.82) is 0 Å². The van der Waals surface area contributed by atoms with E-state index in [4.69, 9.17) is 5.11 Å². The molecule has 0 aliphatic heterocycles. The average Bonchev–Trinajstić information content (AvgIpc) is 1.81. The molecule has 0 saturated heterocycles.